The Kier molecular flexibility index (Phi) is 6.39. The Morgan fingerprint density at radius 3 is 2.75 bits per heavy atom. The van der Waals surface area contributed by atoms with Gasteiger partial charge in [-0.05, 0) is 37.0 Å². The fourth-order valence-electron chi connectivity index (χ4n) is 3.14. The van der Waals surface area contributed by atoms with Gasteiger partial charge in [0.15, 0.2) is 0 Å². The molecular formula is C19H22Cl2N2O4S. The number of benzene rings is 1. The van der Waals surface area contributed by atoms with Gasteiger partial charge in [-0.25, -0.2) is 13.1 Å². The van der Waals surface area contributed by atoms with Crippen LogP contribution in [0.3, 0.4) is 0 Å². The van der Waals surface area contributed by atoms with E-state index in [4.69, 9.17) is 27.6 Å². The van der Waals surface area contributed by atoms with E-state index < -0.39 is 15.9 Å². The lowest BCUT2D eigenvalue weighted by molar-refractivity contribution is 0.0932. The first-order chi connectivity index (χ1) is 13.2. The van der Waals surface area contributed by atoms with Crippen LogP contribution in [0.2, 0.25) is 10.0 Å². The molecule has 0 aliphatic heterocycles. The SMILES string of the molecule is CC(C)CNS(=O)(=O)c1cc(C(=O)NC2CCCc3occc32)c(Cl)cc1Cl. The Bertz CT molecular complexity index is 986. The van der Waals surface area contributed by atoms with Crippen LogP contribution >= 0.6 is 23.2 Å². The minimum Gasteiger partial charge on any atom is -0.469 e. The standard InChI is InChI=1S/C19H22Cl2N2O4S/c1-11(2)10-22-28(25,26)18-8-13(14(20)9-15(18)21)19(24)23-16-4-3-5-17-12(16)6-7-27-17/h6-9,11,16,22H,3-5,10H2,1-2H3,(H,23,24). The molecular weight excluding hydrogens is 423 g/mol. The maximum atomic E-state index is 12.8. The highest BCUT2D eigenvalue weighted by molar-refractivity contribution is 7.89. The molecule has 1 aliphatic carbocycles. The maximum Gasteiger partial charge on any atom is 0.253 e. The van der Waals surface area contributed by atoms with Crippen LogP contribution in [-0.4, -0.2) is 20.9 Å². The first kappa shape index (κ1) is 21.2. The van der Waals surface area contributed by atoms with Crippen molar-refractivity contribution in [2.75, 3.05) is 6.54 Å². The molecule has 0 spiro atoms. The summed E-state index contributed by atoms with van der Waals surface area (Å²) in [6.07, 6.45) is 4.10. The molecule has 152 valence electrons. The predicted octanol–water partition coefficient (Wildman–Crippen LogP) is 4.33. The first-order valence-corrected chi connectivity index (χ1v) is 11.3. The summed E-state index contributed by atoms with van der Waals surface area (Å²) in [6, 6.07) is 4.14. The van der Waals surface area contributed by atoms with Crippen molar-refractivity contribution in [2.24, 2.45) is 5.92 Å². The van der Waals surface area contributed by atoms with Crippen molar-refractivity contribution in [3.05, 3.63) is 51.4 Å². The Morgan fingerprint density at radius 1 is 1.29 bits per heavy atom. The molecule has 0 saturated carbocycles. The van der Waals surface area contributed by atoms with Gasteiger partial charge in [-0.2, -0.15) is 0 Å². The zero-order valence-electron chi connectivity index (χ0n) is 15.6. The molecule has 3 rings (SSSR count). The van der Waals surface area contributed by atoms with E-state index in [9.17, 15) is 13.2 Å². The summed E-state index contributed by atoms with van der Waals surface area (Å²) in [7, 11) is -3.87. The van der Waals surface area contributed by atoms with Crippen molar-refractivity contribution in [3.8, 4) is 0 Å². The van der Waals surface area contributed by atoms with Crippen LogP contribution in [0.25, 0.3) is 0 Å². The Balaban J connectivity index is 1.87. The van der Waals surface area contributed by atoms with Gasteiger partial charge in [0.25, 0.3) is 5.91 Å². The minimum absolute atomic E-state index is 0.0346. The lowest BCUT2D eigenvalue weighted by atomic mass is 9.93. The summed E-state index contributed by atoms with van der Waals surface area (Å²) in [5.74, 6) is 0.528. The van der Waals surface area contributed by atoms with Crippen molar-refractivity contribution in [3.63, 3.8) is 0 Å². The fraction of sp³-hybridized carbons (Fsp3) is 0.421. The number of rotatable bonds is 6. The Hall–Kier alpha value is -1.54. The summed E-state index contributed by atoms with van der Waals surface area (Å²) in [4.78, 5) is 12.7. The smallest absolute Gasteiger partial charge is 0.253 e. The van der Waals surface area contributed by atoms with Gasteiger partial charge in [-0.15, -0.1) is 0 Å². The Labute approximate surface area is 174 Å². The number of furan rings is 1. The van der Waals surface area contributed by atoms with Crippen molar-refractivity contribution < 1.29 is 17.6 Å². The van der Waals surface area contributed by atoms with E-state index in [0.29, 0.717) is 0 Å². The number of amides is 1. The third kappa shape index (κ3) is 4.54. The molecule has 0 radical (unpaired) electrons. The molecule has 1 amide bonds. The van der Waals surface area contributed by atoms with E-state index >= 15 is 0 Å². The van der Waals surface area contributed by atoms with Crippen LogP contribution in [-0.2, 0) is 16.4 Å². The molecule has 0 fully saturated rings. The monoisotopic (exact) mass is 444 g/mol. The highest BCUT2D eigenvalue weighted by Gasteiger charge is 2.27. The number of sulfonamides is 1. The highest BCUT2D eigenvalue weighted by atomic mass is 35.5. The van der Waals surface area contributed by atoms with Gasteiger partial charge in [0.1, 0.15) is 10.7 Å². The molecule has 1 aromatic heterocycles. The van der Waals surface area contributed by atoms with E-state index in [0.717, 1.165) is 30.6 Å². The van der Waals surface area contributed by atoms with Gasteiger partial charge in [-0.1, -0.05) is 37.0 Å². The third-order valence-corrected chi connectivity index (χ3v) is 6.80. The van der Waals surface area contributed by atoms with Crippen LogP contribution in [0, 0.1) is 5.92 Å². The number of hydrogen-bond acceptors (Lipinski definition) is 4. The van der Waals surface area contributed by atoms with Crippen molar-refractivity contribution in [2.45, 2.75) is 44.0 Å². The summed E-state index contributed by atoms with van der Waals surface area (Å²) in [6.45, 7) is 4.03. The second-order valence-corrected chi connectivity index (χ2v) is 9.78. The lowest BCUT2D eigenvalue weighted by Crippen LogP contribution is -2.31. The summed E-state index contributed by atoms with van der Waals surface area (Å²) >= 11 is 12.3. The largest absolute Gasteiger partial charge is 0.469 e. The highest BCUT2D eigenvalue weighted by Crippen LogP contribution is 2.32. The number of halogens is 2. The van der Waals surface area contributed by atoms with Crippen LogP contribution in [0.4, 0.5) is 0 Å². The molecule has 2 N–H and O–H groups in total. The number of nitrogens with one attached hydrogen (secondary N) is 2. The molecule has 1 heterocycles. The number of hydrogen-bond donors (Lipinski definition) is 2. The van der Waals surface area contributed by atoms with E-state index in [1.54, 1.807) is 6.26 Å². The third-order valence-electron chi connectivity index (χ3n) is 4.59. The van der Waals surface area contributed by atoms with Gasteiger partial charge >= 0.3 is 0 Å². The normalized spacial score (nSPS) is 16.8. The fourth-order valence-corrected chi connectivity index (χ4v) is 5.21. The molecule has 0 saturated heterocycles. The van der Waals surface area contributed by atoms with Crippen molar-refractivity contribution >= 4 is 39.1 Å². The summed E-state index contributed by atoms with van der Waals surface area (Å²) in [5, 5.41) is 2.98. The molecule has 1 unspecified atom stereocenters. The van der Waals surface area contributed by atoms with Gasteiger partial charge in [-0.3, -0.25) is 4.79 Å². The van der Waals surface area contributed by atoms with Gasteiger partial charge in [0, 0.05) is 18.5 Å². The number of aryl methyl sites for hydroxylation is 1. The lowest BCUT2D eigenvalue weighted by Gasteiger charge is -2.23. The van der Waals surface area contributed by atoms with Crippen molar-refractivity contribution in [1.82, 2.24) is 10.0 Å². The number of fused-ring (bicyclic) bond motifs is 1. The zero-order valence-corrected chi connectivity index (χ0v) is 17.9. The predicted molar refractivity (Wildman–Crippen MR) is 108 cm³/mol. The molecule has 2 aromatic rings. The van der Waals surface area contributed by atoms with E-state index in [-0.39, 0.29) is 39.0 Å². The summed E-state index contributed by atoms with van der Waals surface area (Å²) < 4.78 is 33.1. The van der Waals surface area contributed by atoms with Gasteiger partial charge < -0.3 is 9.73 Å². The van der Waals surface area contributed by atoms with Gasteiger partial charge in [0.2, 0.25) is 10.0 Å². The van der Waals surface area contributed by atoms with Gasteiger partial charge in [0.05, 0.1) is 27.9 Å². The molecule has 1 atom stereocenters. The van der Waals surface area contributed by atoms with E-state index in [1.165, 1.54) is 12.1 Å². The topological polar surface area (TPSA) is 88.4 Å². The maximum absolute atomic E-state index is 12.8. The second-order valence-electron chi connectivity index (χ2n) is 7.23. The minimum atomic E-state index is -3.87. The molecule has 1 aliphatic rings. The van der Waals surface area contributed by atoms with Crippen LogP contribution in [0.15, 0.2) is 33.8 Å². The summed E-state index contributed by atoms with van der Waals surface area (Å²) in [5.41, 5.74) is 1.00. The average molecular weight is 445 g/mol. The molecule has 0 bridgehead atoms. The van der Waals surface area contributed by atoms with Crippen LogP contribution < -0.4 is 10.0 Å². The van der Waals surface area contributed by atoms with E-state index in [1.807, 2.05) is 19.9 Å². The molecule has 9 heteroatoms. The molecule has 6 nitrogen and oxygen atoms in total. The van der Waals surface area contributed by atoms with E-state index in [2.05, 4.69) is 10.0 Å². The molecule has 28 heavy (non-hydrogen) atoms. The second kappa shape index (κ2) is 8.45. The molecule has 1 aromatic carbocycles. The van der Waals surface area contributed by atoms with Crippen molar-refractivity contribution in [1.29, 1.82) is 0 Å². The zero-order chi connectivity index (χ0) is 20.5. The number of carbonyl (C=O) groups is 1. The average Bonchev–Trinajstić information content (AvgIpc) is 3.09. The number of carbonyl (C=O) groups excluding carboxylic acids is 1. The first-order valence-electron chi connectivity index (χ1n) is 9.05. The van der Waals surface area contributed by atoms with Crippen LogP contribution in [0.1, 0.15) is 54.4 Å². The Morgan fingerprint density at radius 2 is 2.04 bits per heavy atom. The van der Waals surface area contributed by atoms with Crippen LogP contribution in [0.5, 0.6) is 0 Å². The quantitative estimate of drug-likeness (QED) is 0.693.